The van der Waals surface area contributed by atoms with Gasteiger partial charge in [0.2, 0.25) is 5.60 Å². The van der Waals surface area contributed by atoms with Crippen molar-refractivity contribution in [1.82, 2.24) is 4.90 Å². The first kappa shape index (κ1) is 25.5. The SMILES string of the molecule is CCC1CCC(OCC(O)(c2cc(C)c(/N=C/N(C)CC)cc2OC)C(F)(F)F)CC1. The maximum atomic E-state index is 14.1. The van der Waals surface area contributed by atoms with E-state index in [0.29, 0.717) is 30.0 Å². The van der Waals surface area contributed by atoms with E-state index in [9.17, 15) is 18.3 Å². The second kappa shape index (κ2) is 10.7. The Hall–Kier alpha value is -1.80. The molecule has 8 heteroatoms. The van der Waals surface area contributed by atoms with Crippen LogP contribution in [0.5, 0.6) is 5.75 Å². The van der Waals surface area contributed by atoms with Crippen LogP contribution in [-0.4, -0.2) is 55.9 Å². The van der Waals surface area contributed by atoms with Gasteiger partial charge in [-0.25, -0.2) is 4.99 Å². The minimum atomic E-state index is -4.93. The molecule has 1 aromatic carbocycles. The maximum Gasteiger partial charge on any atom is 0.423 e. The molecule has 0 saturated heterocycles. The standard InChI is InChI=1S/C23H35F3N2O3/c1-6-17-8-10-18(11-9-17)31-14-22(29,23(24,25)26)19-12-16(3)20(13-21(19)30-5)27-15-28(4)7-2/h12-13,15,17-18,29H,6-11,14H2,1-5H3/b27-15+. The first-order chi connectivity index (χ1) is 14.6. The third kappa shape index (κ3) is 6.13. The predicted molar refractivity (Wildman–Crippen MR) is 116 cm³/mol. The smallest absolute Gasteiger partial charge is 0.423 e. The Balaban J connectivity index is 2.32. The van der Waals surface area contributed by atoms with Crippen LogP contribution in [0.4, 0.5) is 18.9 Å². The first-order valence-electron chi connectivity index (χ1n) is 10.9. The van der Waals surface area contributed by atoms with E-state index in [2.05, 4.69) is 11.9 Å². The van der Waals surface area contributed by atoms with E-state index < -0.39 is 18.4 Å². The summed E-state index contributed by atoms with van der Waals surface area (Å²) in [6, 6.07) is 2.72. The highest BCUT2D eigenvalue weighted by Crippen LogP contribution is 2.45. The summed E-state index contributed by atoms with van der Waals surface area (Å²) in [5.74, 6) is 0.527. The van der Waals surface area contributed by atoms with Gasteiger partial charge in [0.05, 0.1) is 31.8 Å². The van der Waals surface area contributed by atoms with Gasteiger partial charge in [-0.3, -0.25) is 0 Å². The number of hydrogen-bond donors (Lipinski definition) is 1. The Morgan fingerprint density at radius 2 is 1.84 bits per heavy atom. The fourth-order valence-electron chi connectivity index (χ4n) is 3.81. The summed E-state index contributed by atoms with van der Waals surface area (Å²) in [6.07, 6.45) is 0.756. The largest absolute Gasteiger partial charge is 0.496 e. The first-order valence-corrected chi connectivity index (χ1v) is 10.9. The molecule has 176 valence electrons. The Labute approximate surface area is 183 Å². The summed E-state index contributed by atoms with van der Waals surface area (Å²) >= 11 is 0. The predicted octanol–water partition coefficient (Wildman–Crippen LogP) is 5.35. The molecule has 0 aromatic heterocycles. The highest BCUT2D eigenvalue weighted by atomic mass is 19.4. The Morgan fingerprint density at radius 1 is 1.19 bits per heavy atom. The van der Waals surface area contributed by atoms with Crippen LogP contribution in [0.15, 0.2) is 17.1 Å². The number of halogens is 3. The summed E-state index contributed by atoms with van der Waals surface area (Å²) in [6.45, 7) is 5.61. The van der Waals surface area contributed by atoms with Crippen molar-refractivity contribution in [3.05, 3.63) is 23.3 Å². The molecule has 1 fully saturated rings. The number of benzene rings is 1. The lowest BCUT2D eigenvalue weighted by molar-refractivity contribution is -0.286. The monoisotopic (exact) mass is 444 g/mol. The summed E-state index contributed by atoms with van der Waals surface area (Å²) in [5.41, 5.74) is -2.55. The number of nitrogens with zero attached hydrogens (tertiary/aromatic N) is 2. The van der Waals surface area contributed by atoms with Gasteiger partial charge in [-0.1, -0.05) is 13.3 Å². The van der Waals surface area contributed by atoms with E-state index >= 15 is 0 Å². The quantitative estimate of drug-likeness (QED) is 0.412. The summed E-state index contributed by atoms with van der Waals surface area (Å²) in [5, 5.41) is 10.9. The van der Waals surface area contributed by atoms with E-state index in [-0.39, 0.29) is 17.4 Å². The fraction of sp³-hybridized carbons (Fsp3) is 0.696. The molecule has 1 aliphatic rings. The molecule has 1 saturated carbocycles. The zero-order chi connectivity index (χ0) is 23.2. The molecule has 0 radical (unpaired) electrons. The number of ether oxygens (including phenoxy) is 2. The van der Waals surface area contributed by atoms with Gasteiger partial charge in [-0.05, 0) is 57.1 Å². The van der Waals surface area contributed by atoms with Gasteiger partial charge in [0, 0.05) is 25.2 Å². The van der Waals surface area contributed by atoms with Crippen molar-refractivity contribution < 1.29 is 27.8 Å². The molecule has 0 heterocycles. The van der Waals surface area contributed by atoms with E-state index in [1.54, 1.807) is 13.3 Å². The van der Waals surface area contributed by atoms with Crippen molar-refractivity contribution in [3.8, 4) is 5.75 Å². The topological polar surface area (TPSA) is 54.3 Å². The van der Waals surface area contributed by atoms with Gasteiger partial charge in [-0.15, -0.1) is 0 Å². The number of rotatable bonds is 9. The Bertz CT molecular complexity index is 746. The molecule has 1 aliphatic carbocycles. The van der Waals surface area contributed by atoms with Crippen LogP contribution < -0.4 is 4.74 Å². The molecule has 1 atom stereocenters. The normalized spacial score (nSPS) is 21.8. The minimum Gasteiger partial charge on any atom is -0.496 e. The van der Waals surface area contributed by atoms with E-state index in [0.717, 1.165) is 25.8 Å². The summed E-state index contributed by atoms with van der Waals surface area (Å²) in [4.78, 5) is 6.17. The average Bonchev–Trinajstić information content (AvgIpc) is 2.75. The van der Waals surface area contributed by atoms with Crippen LogP contribution in [0.3, 0.4) is 0 Å². The molecule has 2 rings (SSSR count). The third-order valence-electron chi connectivity index (χ3n) is 6.22. The second-order valence-corrected chi connectivity index (χ2v) is 8.38. The van der Waals surface area contributed by atoms with Crippen LogP contribution in [0.25, 0.3) is 0 Å². The molecule has 0 aliphatic heterocycles. The number of aliphatic hydroxyl groups is 1. The lowest BCUT2D eigenvalue weighted by Crippen LogP contribution is -2.47. The molecule has 5 nitrogen and oxygen atoms in total. The molecular formula is C23H35F3N2O3. The molecule has 1 N–H and O–H groups in total. The highest BCUT2D eigenvalue weighted by molar-refractivity contribution is 5.65. The maximum absolute atomic E-state index is 14.1. The van der Waals surface area contributed by atoms with Crippen molar-refractivity contribution in [2.75, 3.05) is 27.3 Å². The van der Waals surface area contributed by atoms with Crippen LogP contribution >= 0.6 is 0 Å². The van der Waals surface area contributed by atoms with Gasteiger partial charge in [0.15, 0.2) is 0 Å². The van der Waals surface area contributed by atoms with Crippen molar-refractivity contribution >= 4 is 12.0 Å². The number of aliphatic imine (C=N–C) groups is 1. The van der Waals surface area contributed by atoms with Crippen molar-refractivity contribution in [2.45, 2.75) is 70.8 Å². The van der Waals surface area contributed by atoms with E-state index in [1.165, 1.54) is 19.2 Å². The molecule has 0 spiro atoms. The van der Waals surface area contributed by atoms with Crippen molar-refractivity contribution in [2.24, 2.45) is 10.9 Å². The second-order valence-electron chi connectivity index (χ2n) is 8.38. The summed E-state index contributed by atoms with van der Waals surface area (Å²) in [7, 11) is 3.13. The fourth-order valence-corrected chi connectivity index (χ4v) is 3.81. The Kier molecular flexibility index (Phi) is 8.77. The molecule has 1 aromatic rings. The lowest BCUT2D eigenvalue weighted by Gasteiger charge is -2.35. The zero-order valence-corrected chi connectivity index (χ0v) is 19.1. The van der Waals surface area contributed by atoms with Crippen molar-refractivity contribution in [3.63, 3.8) is 0 Å². The van der Waals surface area contributed by atoms with E-state index in [4.69, 9.17) is 9.47 Å². The Morgan fingerprint density at radius 3 is 2.35 bits per heavy atom. The number of alkyl halides is 3. The highest BCUT2D eigenvalue weighted by Gasteiger charge is 2.57. The average molecular weight is 445 g/mol. The van der Waals surface area contributed by atoms with Gasteiger partial charge in [0.25, 0.3) is 0 Å². The van der Waals surface area contributed by atoms with E-state index in [1.807, 2.05) is 18.9 Å². The van der Waals surface area contributed by atoms with Gasteiger partial charge in [-0.2, -0.15) is 13.2 Å². The summed E-state index contributed by atoms with van der Waals surface area (Å²) < 4.78 is 53.1. The van der Waals surface area contributed by atoms with Crippen LogP contribution in [-0.2, 0) is 10.3 Å². The third-order valence-corrected chi connectivity index (χ3v) is 6.22. The molecule has 1 unspecified atom stereocenters. The number of hydrogen-bond acceptors (Lipinski definition) is 4. The van der Waals surface area contributed by atoms with Crippen LogP contribution in [0.2, 0.25) is 0 Å². The van der Waals surface area contributed by atoms with Gasteiger partial charge in [0.1, 0.15) is 5.75 Å². The van der Waals surface area contributed by atoms with Crippen LogP contribution in [0, 0.1) is 12.8 Å². The minimum absolute atomic E-state index is 0.0741. The molecular weight excluding hydrogens is 409 g/mol. The number of methoxy groups -OCH3 is 1. The lowest BCUT2D eigenvalue weighted by atomic mass is 9.85. The number of aryl methyl sites for hydroxylation is 1. The van der Waals surface area contributed by atoms with Crippen LogP contribution in [0.1, 0.15) is 57.1 Å². The molecule has 0 bridgehead atoms. The molecule has 31 heavy (non-hydrogen) atoms. The molecule has 0 amide bonds. The van der Waals surface area contributed by atoms with Gasteiger partial charge < -0.3 is 19.5 Å². The van der Waals surface area contributed by atoms with Gasteiger partial charge >= 0.3 is 6.18 Å². The van der Waals surface area contributed by atoms with Crippen molar-refractivity contribution in [1.29, 1.82) is 0 Å². The zero-order valence-electron chi connectivity index (χ0n) is 19.1.